The van der Waals surface area contributed by atoms with E-state index in [0.717, 1.165) is 17.0 Å². The highest BCUT2D eigenvalue weighted by atomic mass is 35.5. The van der Waals surface area contributed by atoms with Crippen LogP contribution >= 0.6 is 22.9 Å². The highest BCUT2D eigenvalue weighted by Crippen LogP contribution is 2.22. The first-order chi connectivity index (χ1) is 9.38. The molecule has 0 aliphatic carbocycles. The fourth-order valence-corrected chi connectivity index (χ4v) is 3.57. The van der Waals surface area contributed by atoms with Crippen molar-refractivity contribution in [2.75, 3.05) is 0 Å². The minimum Gasteiger partial charge on any atom is -0.258 e. The van der Waals surface area contributed by atoms with Crippen LogP contribution in [0.15, 0.2) is 41.3 Å². The van der Waals surface area contributed by atoms with Crippen LogP contribution in [0.1, 0.15) is 4.88 Å². The standard InChI is InChI=1S/C11H9ClN2O4S2/c12-11-6-3-9(19-11)7-13-20(17,18)10-4-1-8(2-5-10)14(15)16/h1-6,13H,7H2. The van der Waals surface area contributed by atoms with Gasteiger partial charge in [-0.1, -0.05) is 11.6 Å². The van der Waals surface area contributed by atoms with Gasteiger partial charge in [-0.3, -0.25) is 10.1 Å². The molecule has 0 radical (unpaired) electrons. The fraction of sp³-hybridized carbons (Fsp3) is 0.0909. The van der Waals surface area contributed by atoms with Gasteiger partial charge in [0.1, 0.15) is 0 Å². The lowest BCUT2D eigenvalue weighted by molar-refractivity contribution is -0.384. The lowest BCUT2D eigenvalue weighted by atomic mass is 10.3. The molecule has 0 amide bonds. The minimum absolute atomic E-state index is 0.0225. The zero-order valence-electron chi connectivity index (χ0n) is 9.95. The van der Waals surface area contributed by atoms with Gasteiger partial charge in [0, 0.05) is 23.6 Å². The van der Waals surface area contributed by atoms with Crippen LogP contribution < -0.4 is 4.72 Å². The van der Waals surface area contributed by atoms with Crippen molar-refractivity contribution in [2.45, 2.75) is 11.4 Å². The number of halogens is 1. The highest BCUT2D eigenvalue weighted by molar-refractivity contribution is 7.89. The Morgan fingerprint density at radius 1 is 1.20 bits per heavy atom. The van der Waals surface area contributed by atoms with E-state index in [-0.39, 0.29) is 17.1 Å². The third kappa shape index (κ3) is 3.54. The fourth-order valence-electron chi connectivity index (χ4n) is 1.44. The van der Waals surface area contributed by atoms with Crippen LogP contribution in [-0.2, 0) is 16.6 Å². The number of thiophene rings is 1. The number of sulfonamides is 1. The van der Waals surface area contributed by atoms with E-state index in [1.807, 2.05) is 0 Å². The minimum atomic E-state index is -3.70. The van der Waals surface area contributed by atoms with Crippen LogP contribution in [0.2, 0.25) is 4.34 Å². The normalized spacial score (nSPS) is 11.4. The monoisotopic (exact) mass is 332 g/mol. The lowest BCUT2D eigenvalue weighted by Crippen LogP contribution is -2.22. The van der Waals surface area contributed by atoms with Gasteiger partial charge in [-0.2, -0.15) is 0 Å². The summed E-state index contributed by atoms with van der Waals surface area (Å²) in [5, 5.41) is 10.5. The van der Waals surface area contributed by atoms with Crippen molar-refractivity contribution in [1.82, 2.24) is 4.72 Å². The molecule has 9 heteroatoms. The van der Waals surface area contributed by atoms with Gasteiger partial charge in [0.15, 0.2) is 0 Å². The van der Waals surface area contributed by atoms with E-state index in [0.29, 0.717) is 4.34 Å². The van der Waals surface area contributed by atoms with Gasteiger partial charge in [0.25, 0.3) is 5.69 Å². The lowest BCUT2D eigenvalue weighted by Gasteiger charge is -2.05. The molecule has 0 saturated carbocycles. The molecule has 6 nitrogen and oxygen atoms in total. The van der Waals surface area contributed by atoms with Crippen LogP contribution in [-0.4, -0.2) is 13.3 Å². The summed E-state index contributed by atoms with van der Waals surface area (Å²) in [6.07, 6.45) is 0. The number of rotatable bonds is 5. The highest BCUT2D eigenvalue weighted by Gasteiger charge is 2.15. The summed E-state index contributed by atoms with van der Waals surface area (Å²) >= 11 is 7.03. The molecule has 0 fully saturated rings. The molecule has 20 heavy (non-hydrogen) atoms. The quantitative estimate of drug-likeness (QED) is 0.673. The summed E-state index contributed by atoms with van der Waals surface area (Å²) in [6.45, 7) is 0.122. The number of nitrogens with zero attached hydrogens (tertiary/aromatic N) is 1. The first-order valence-corrected chi connectivity index (χ1v) is 8.04. The van der Waals surface area contributed by atoms with Gasteiger partial charge >= 0.3 is 0 Å². The molecule has 1 N–H and O–H groups in total. The zero-order valence-corrected chi connectivity index (χ0v) is 12.3. The van der Waals surface area contributed by atoms with Gasteiger partial charge in [-0.15, -0.1) is 11.3 Å². The Kier molecular flexibility index (Phi) is 4.39. The third-order valence-corrected chi connectivity index (χ3v) is 5.07. The van der Waals surface area contributed by atoms with Crippen LogP contribution in [0.4, 0.5) is 5.69 Å². The van der Waals surface area contributed by atoms with Crippen molar-refractivity contribution in [2.24, 2.45) is 0 Å². The zero-order chi connectivity index (χ0) is 14.8. The molecule has 2 rings (SSSR count). The maximum absolute atomic E-state index is 12.0. The molecule has 2 aromatic rings. The Morgan fingerprint density at radius 3 is 2.35 bits per heavy atom. The largest absolute Gasteiger partial charge is 0.269 e. The Bertz CT molecular complexity index is 725. The molecular weight excluding hydrogens is 324 g/mol. The summed E-state index contributed by atoms with van der Waals surface area (Å²) in [7, 11) is -3.70. The summed E-state index contributed by atoms with van der Waals surface area (Å²) < 4.78 is 27.0. The van der Waals surface area contributed by atoms with E-state index in [1.165, 1.54) is 23.5 Å². The van der Waals surface area contributed by atoms with Crippen LogP contribution in [0.3, 0.4) is 0 Å². The van der Waals surface area contributed by atoms with Crippen molar-refractivity contribution in [3.8, 4) is 0 Å². The van der Waals surface area contributed by atoms with E-state index in [2.05, 4.69) is 4.72 Å². The smallest absolute Gasteiger partial charge is 0.258 e. The maximum Gasteiger partial charge on any atom is 0.269 e. The molecule has 0 aliphatic heterocycles. The molecule has 0 bridgehead atoms. The van der Waals surface area contributed by atoms with E-state index < -0.39 is 14.9 Å². The van der Waals surface area contributed by atoms with E-state index in [4.69, 9.17) is 11.6 Å². The molecule has 0 atom stereocenters. The average molecular weight is 333 g/mol. The van der Waals surface area contributed by atoms with E-state index in [9.17, 15) is 18.5 Å². The second-order valence-corrected chi connectivity index (χ2v) is 7.35. The van der Waals surface area contributed by atoms with Gasteiger partial charge < -0.3 is 0 Å². The number of non-ortho nitro benzene ring substituents is 1. The van der Waals surface area contributed by atoms with Crippen molar-refractivity contribution < 1.29 is 13.3 Å². The predicted octanol–water partition coefficient (Wildman–Crippen LogP) is 2.79. The van der Waals surface area contributed by atoms with Crippen molar-refractivity contribution in [3.63, 3.8) is 0 Å². The second kappa shape index (κ2) is 5.88. The SMILES string of the molecule is O=[N+]([O-])c1ccc(S(=O)(=O)NCc2ccc(Cl)s2)cc1. The molecule has 1 heterocycles. The van der Waals surface area contributed by atoms with Crippen molar-refractivity contribution in [3.05, 3.63) is 55.7 Å². The maximum atomic E-state index is 12.0. The topological polar surface area (TPSA) is 89.3 Å². The van der Waals surface area contributed by atoms with Crippen LogP contribution in [0.25, 0.3) is 0 Å². The van der Waals surface area contributed by atoms with Crippen LogP contribution in [0, 0.1) is 10.1 Å². The Morgan fingerprint density at radius 2 is 1.85 bits per heavy atom. The molecule has 1 aromatic heterocycles. The summed E-state index contributed by atoms with van der Waals surface area (Å²) in [6, 6.07) is 8.10. The third-order valence-electron chi connectivity index (χ3n) is 2.42. The predicted molar refractivity (Wildman–Crippen MR) is 76.5 cm³/mol. The van der Waals surface area contributed by atoms with Gasteiger partial charge in [0.05, 0.1) is 14.2 Å². The first-order valence-electron chi connectivity index (χ1n) is 5.37. The molecule has 0 spiro atoms. The number of hydrogen-bond acceptors (Lipinski definition) is 5. The summed E-state index contributed by atoms with van der Waals surface area (Å²) in [5.41, 5.74) is -0.158. The van der Waals surface area contributed by atoms with E-state index in [1.54, 1.807) is 12.1 Å². The molecular formula is C11H9ClN2O4S2. The Labute approximate surface area is 124 Å². The van der Waals surface area contributed by atoms with Crippen molar-refractivity contribution in [1.29, 1.82) is 0 Å². The molecule has 1 aromatic carbocycles. The number of benzene rings is 1. The molecule has 106 valence electrons. The average Bonchev–Trinajstić information content (AvgIpc) is 2.82. The molecule has 0 aliphatic rings. The summed E-state index contributed by atoms with van der Waals surface area (Å²) in [4.78, 5) is 10.7. The second-order valence-electron chi connectivity index (χ2n) is 3.78. The number of nitro groups is 1. The summed E-state index contributed by atoms with van der Waals surface area (Å²) in [5.74, 6) is 0. The molecule has 0 unspecified atom stereocenters. The number of nitro benzene ring substituents is 1. The molecule has 0 saturated heterocycles. The van der Waals surface area contributed by atoms with Gasteiger partial charge in [-0.25, -0.2) is 13.1 Å². The Balaban J connectivity index is 2.11. The van der Waals surface area contributed by atoms with Gasteiger partial charge in [-0.05, 0) is 24.3 Å². The van der Waals surface area contributed by atoms with E-state index >= 15 is 0 Å². The Hall–Kier alpha value is -1.48. The van der Waals surface area contributed by atoms with Crippen molar-refractivity contribution >= 4 is 38.6 Å². The number of hydrogen-bond donors (Lipinski definition) is 1. The van der Waals surface area contributed by atoms with Gasteiger partial charge in [0.2, 0.25) is 10.0 Å². The van der Waals surface area contributed by atoms with Crippen LogP contribution in [0.5, 0.6) is 0 Å². The first kappa shape index (κ1) is 14.9. The number of nitrogens with one attached hydrogen (secondary N) is 1.